The number of fused-ring (bicyclic) bond motifs is 1. The van der Waals surface area contributed by atoms with Crippen LogP contribution in [0.25, 0.3) is 21.9 Å². The first kappa shape index (κ1) is 20.2. The van der Waals surface area contributed by atoms with Crippen molar-refractivity contribution >= 4 is 22.6 Å². The van der Waals surface area contributed by atoms with Crippen molar-refractivity contribution in [1.29, 1.82) is 0 Å². The van der Waals surface area contributed by atoms with Gasteiger partial charge >= 0.3 is 0 Å². The molecule has 0 unspecified atom stereocenters. The van der Waals surface area contributed by atoms with Crippen LogP contribution in [-0.4, -0.2) is 18.4 Å². The Labute approximate surface area is 180 Å². The van der Waals surface area contributed by atoms with Gasteiger partial charge in [-0.15, -0.1) is 0 Å². The van der Waals surface area contributed by atoms with Gasteiger partial charge in [-0.1, -0.05) is 84.9 Å². The van der Waals surface area contributed by atoms with E-state index in [0.29, 0.717) is 5.75 Å². The molecular formula is C26H22N2O3. The predicted molar refractivity (Wildman–Crippen MR) is 121 cm³/mol. The van der Waals surface area contributed by atoms with Crippen LogP contribution in [0, 0.1) is 0 Å². The minimum absolute atomic E-state index is 0.168. The van der Waals surface area contributed by atoms with Crippen LogP contribution < -0.4 is 15.6 Å². The Morgan fingerprint density at radius 2 is 1.29 bits per heavy atom. The van der Waals surface area contributed by atoms with Gasteiger partial charge in [0.15, 0.2) is 6.61 Å². The number of ether oxygens (including phenoxy) is 1. The second-order valence-corrected chi connectivity index (χ2v) is 7.13. The van der Waals surface area contributed by atoms with Crippen LogP contribution in [-0.2, 0) is 16.0 Å². The number of hydrogen-bond acceptors (Lipinski definition) is 3. The fourth-order valence-corrected chi connectivity index (χ4v) is 3.26. The molecule has 0 saturated carbocycles. The largest absolute Gasteiger partial charge is 0.484 e. The average Bonchev–Trinajstić information content (AvgIpc) is 2.82. The lowest BCUT2D eigenvalue weighted by molar-refractivity contribution is -0.129. The van der Waals surface area contributed by atoms with Gasteiger partial charge in [0.2, 0.25) is 5.91 Å². The van der Waals surface area contributed by atoms with Crippen LogP contribution >= 0.6 is 0 Å². The summed E-state index contributed by atoms with van der Waals surface area (Å²) >= 11 is 0. The number of hydrazine groups is 1. The van der Waals surface area contributed by atoms with Gasteiger partial charge < -0.3 is 4.74 Å². The zero-order valence-electron chi connectivity index (χ0n) is 16.9. The Kier molecular flexibility index (Phi) is 6.24. The van der Waals surface area contributed by atoms with Gasteiger partial charge in [-0.05, 0) is 39.6 Å². The van der Waals surface area contributed by atoms with Crippen molar-refractivity contribution in [1.82, 2.24) is 10.9 Å². The number of rotatable bonds is 6. The van der Waals surface area contributed by atoms with E-state index in [4.69, 9.17) is 4.74 Å². The van der Waals surface area contributed by atoms with Crippen LogP contribution in [0.3, 0.4) is 0 Å². The number of nitrogens with one attached hydrogen (secondary N) is 2. The summed E-state index contributed by atoms with van der Waals surface area (Å²) in [5, 5.41) is 2.13. The molecule has 4 aromatic carbocycles. The molecule has 31 heavy (non-hydrogen) atoms. The molecular weight excluding hydrogens is 388 g/mol. The molecule has 0 aliphatic rings. The summed E-state index contributed by atoms with van der Waals surface area (Å²) in [5.74, 6) is -0.133. The van der Waals surface area contributed by atoms with Gasteiger partial charge in [0, 0.05) is 0 Å². The second kappa shape index (κ2) is 9.59. The number of hydrogen-bond donors (Lipinski definition) is 2. The summed E-state index contributed by atoms with van der Waals surface area (Å²) in [5.41, 5.74) is 7.88. The number of carbonyl (C=O) groups excluding carboxylic acids is 2. The number of carbonyl (C=O) groups is 2. The van der Waals surface area contributed by atoms with Crippen LogP contribution in [0.2, 0.25) is 0 Å². The average molecular weight is 410 g/mol. The van der Waals surface area contributed by atoms with Crippen molar-refractivity contribution < 1.29 is 14.3 Å². The number of amides is 2. The molecule has 0 bridgehead atoms. The quantitative estimate of drug-likeness (QED) is 0.467. The summed E-state index contributed by atoms with van der Waals surface area (Å²) in [6, 6.07) is 31.3. The van der Waals surface area contributed by atoms with Crippen LogP contribution in [0.1, 0.15) is 5.56 Å². The molecule has 0 heterocycles. The van der Waals surface area contributed by atoms with Gasteiger partial charge in [-0.3, -0.25) is 20.4 Å². The highest BCUT2D eigenvalue weighted by Crippen LogP contribution is 2.21. The molecule has 5 nitrogen and oxygen atoms in total. The van der Waals surface area contributed by atoms with E-state index in [1.165, 1.54) is 0 Å². The van der Waals surface area contributed by atoms with Crippen LogP contribution in [0.15, 0.2) is 97.1 Å². The van der Waals surface area contributed by atoms with Crippen molar-refractivity contribution in [3.63, 3.8) is 0 Å². The molecule has 4 aromatic rings. The van der Waals surface area contributed by atoms with E-state index in [2.05, 4.69) is 10.9 Å². The minimum atomic E-state index is -0.430. The molecule has 0 spiro atoms. The maximum absolute atomic E-state index is 12.1. The second-order valence-electron chi connectivity index (χ2n) is 7.13. The van der Waals surface area contributed by atoms with E-state index >= 15 is 0 Å². The third-order valence-electron chi connectivity index (χ3n) is 4.86. The lowest BCUT2D eigenvalue weighted by atomic mass is 10.0. The molecule has 0 fully saturated rings. The summed E-state index contributed by atoms with van der Waals surface area (Å²) in [6.45, 7) is -0.190. The summed E-state index contributed by atoms with van der Waals surface area (Å²) in [4.78, 5) is 24.1. The zero-order valence-corrected chi connectivity index (χ0v) is 16.9. The van der Waals surface area contributed by atoms with Crippen molar-refractivity contribution in [2.24, 2.45) is 0 Å². The van der Waals surface area contributed by atoms with Gasteiger partial charge in [0.05, 0.1) is 6.42 Å². The van der Waals surface area contributed by atoms with Crippen molar-refractivity contribution in [2.45, 2.75) is 6.42 Å². The third-order valence-corrected chi connectivity index (χ3v) is 4.86. The highest BCUT2D eigenvalue weighted by atomic mass is 16.5. The fourth-order valence-electron chi connectivity index (χ4n) is 3.26. The maximum atomic E-state index is 12.1. The van der Waals surface area contributed by atoms with Gasteiger partial charge in [-0.2, -0.15) is 0 Å². The van der Waals surface area contributed by atoms with Crippen LogP contribution in [0.5, 0.6) is 5.75 Å². The molecule has 0 aliphatic heterocycles. The Hall–Kier alpha value is -4.12. The maximum Gasteiger partial charge on any atom is 0.276 e. The van der Waals surface area contributed by atoms with E-state index in [1.807, 2.05) is 97.1 Å². The lowest BCUT2D eigenvalue weighted by Crippen LogP contribution is -2.44. The lowest BCUT2D eigenvalue weighted by Gasteiger charge is -2.10. The van der Waals surface area contributed by atoms with Gasteiger partial charge in [-0.25, -0.2) is 0 Å². The van der Waals surface area contributed by atoms with Crippen molar-refractivity contribution in [2.75, 3.05) is 6.61 Å². The normalized spacial score (nSPS) is 10.5. The van der Waals surface area contributed by atoms with E-state index in [0.717, 1.165) is 27.5 Å². The van der Waals surface area contributed by atoms with E-state index in [-0.39, 0.29) is 18.9 Å². The molecule has 2 N–H and O–H groups in total. The minimum Gasteiger partial charge on any atom is -0.484 e. The van der Waals surface area contributed by atoms with Crippen molar-refractivity contribution in [3.05, 3.63) is 103 Å². The van der Waals surface area contributed by atoms with Crippen molar-refractivity contribution in [3.8, 4) is 16.9 Å². The molecule has 154 valence electrons. The molecule has 0 saturated heterocycles. The van der Waals surface area contributed by atoms with E-state index < -0.39 is 5.91 Å². The zero-order chi connectivity index (χ0) is 21.5. The molecule has 0 aliphatic carbocycles. The first-order chi connectivity index (χ1) is 15.2. The number of benzene rings is 4. The summed E-state index contributed by atoms with van der Waals surface area (Å²) in [7, 11) is 0. The molecule has 0 radical (unpaired) electrons. The SMILES string of the molecule is O=C(COc1ccc2ccccc2c1)NNC(=O)Cc1ccc(-c2ccccc2)cc1. The predicted octanol–water partition coefficient (Wildman–Crippen LogP) is 4.28. The standard InChI is InChI=1S/C26H22N2O3/c29-25(16-19-10-12-22(13-11-19)20-6-2-1-3-7-20)27-28-26(30)18-31-24-15-14-21-8-4-5-9-23(21)17-24/h1-15,17H,16,18H2,(H,27,29)(H,28,30). The Morgan fingerprint density at radius 1 is 0.645 bits per heavy atom. The highest BCUT2D eigenvalue weighted by molar-refractivity contribution is 5.85. The van der Waals surface area contributed by atoms with E-state index in [1.54, 1.807) is 0 Å². The fraction of sp³-hybridized carbons (Fsp3) is 0.0769. The van der Waals surface area contributed by atoms with Gasteiger partial charge in [0.25, 0.3) is 5.91 Å². The topological polar surface area (TPSA) is 67.4 Å². The summed E-state index contributed by atoms with van der Waals surface area (Å²) in [6.07, 6.45) is 0.168. The van der Waals surface area contributed by atoms with Gasteiger partial charge in [0.1, 0.15) is 5.75 Å². The first-order valence-electron chi connectivity index (χ1n) is 10.0. The summed E-state index contributed by atoms with van der Waals surface area (Å²) < 4.78 is 5.52. The Morgan fingerprint density at radius 3 is 2.06 bits per heavy atom. The Bertz CT molecular complexity index is 1190. The first-order valence-corrected chi connectivity index (χ1v) is 10.0. The smallest absolute Gasteiger partial charge is 0.276 e. The molecule has 5 heteroatoms. The molecule has 0 aromatic heterocycles. The van der Waals surface area contributed by atoms with Crippen LogP contribution in [0.4, 0.5) is 0 Å². The van der Waals surface area contributed by atoms with E-state index in [9.17, 15) is 9.59 Å². The third kappa shape index (κ3) is 5.48. The molecule has 0 atom stereocenters. The molecule has 4 rings (SSSR count). The highest BCUT2D eigenvalue weighted by Gasteiger charge is 2.07. The monoisotopic (exact) mass is 410 g/mol. The molecule has 2 amide bonds. The Balaban J connectivity index is 1.23.